The molecule has 0 heterocycles. The fourth-order valence-electron chi connectivity index (χ4n) is 1.25. The fraction of sp³-hybridized carbons (Fsp3) is 1.00. The molecule has 0 spiro atoms. The molecular weight excluding hydrogens is 156 g/mol. The Balaban J connectivity index is 3.51. The van der Waals surface area contributed by atoms with E-state index in [2.05, 4.69) is 20.8 Å². The van der Waals surface area contributed by atoms with Crippen LogP contribution in [0.2, 0.25) is 0 Å². The zero-order valence-corrected chi connectivity index (χ0v) is 8.88. The van der Waals surface area contributed by atoms with Crippen molar-refractivity contribution >= 4 is 11.6 Å². The minimum atomic E-state index is 0.575. The molecule has 0 amide bonds. The van der Waals surface area contributed by atoms with Crippen molar-refractivity contribution in [3.05, 3.63) is 0 Å². The SMILES string of the molecule is CCC(C)(CC)CCCCCl. The van der Waals surface area contributed by atoms with Crippen molar-refractivity contribution in [3.63, 3.8) is 0 Å². The molecule has 0 aromatic heterocycles. The van der Waals surface area contributed by atoms with Gasteiger partial charge in [0.15, 0.2) is 0 Å². The third kappa shape index (κ3) is 4.68. The van der Waals surface area contributed by atoms with Crippen molar-refractivity contribution < 1.29 is 0 Å². The second-order valence-electron chi connectivity index (χ2n) is 3.66. The van der Waals surface area contributed by atoms with Crippen LogP contribution < -0.4 is 0 Å². The molecule has 0 atom stereocenters. The number of unbranched alkanes of at least 4 members (excludes halogenated alkanes) is 1. The molecule has 0 radical (unpaired) electrons. The van der Waals surface area contributed by atoms with Crippen LogP contribution in [-0.2, 0) is 0 Å². The van der Waals surface area contributed by atoms with Gasteiger partial charge in [-0.2, -0.15) is 0 Å². The molecule has 11 heavy (non-hydrogen) atoms. The van der Waals surface area contributed by atoms with Gasteiger partial charge in [-0.15, -0.1) is 11.6 Å². The first-order chi connectivity index (χ1) is 5.18. The monoisotopic (exact) mass is 176 g/mol. The van der Waals surface area contributed by atoms with E-state index in [1.54, 1.807) is 0 Å². The maximum Gasteiger partial charge on any atom is 0.0223 e. The van der Waals surface area contributed by atoms with E-state index in [4.69, 9.17) is 11.6 Å². The van der Waals surface area contributed by atoms with E-state index in [0.29, 0.717) is 5.41 Å². The Bertz CT molecular complexity index is 84.9. The zero-order valence-electron chi connectivity index (χ0n) is 8.12. The average Bonchev–Trinajstić information content (AvgIpc) is 2.05. The summed E-state index contributed by atoms with van der Waals surface area (Å²) in [6.45, 7) is 6.94. The molecule has 0 bridgehead atoms. The van der Waals surface area contributed by atoms with Crippen molar-refractivity contribution in [3.8, 4) is 0 Å². The maximum absolute atomic E-state index is 5.62. The van der Waals surface area contributed by atoms with E-state index in [9.17, 15) is 0 Å². The summed E-state index contributed by atoms with van der Waals surface area (Å²) in [6, 6.07) is 0. The summed E-state index contributed by atoms with van der Waals surface area (Å²) in [6.07, 6.45) is 6.41. The molecule has 0 saturated heterocycles. The van der Waals surface area contributed by atoms with Gasteiger partial charge in [0.2, 0.25) is 0 Å². The van der Waals surface area contributed by atoms with Gasteiger partial charge in [-0.1, -0.05) is 40.0 Å². The number of rotatable bonds is 6. The first-order valence-electron chi connectivity index (χ1n) is 4.74. The molecule has 0 aliphatic heterocycles. The molecule has 0 unspecified atom stereocenters. The van der Waals surface area contributed by atoms with E-state index in [-0.39, 0.29) is 0 Å². The third-order valence-corrected chi connectivity index (χ3v) is 3.14. The van der Waals surface area contributed by atoms with E-state index in [1.165, 1.54) is 32.1 Å². The van der Waals surface area contributed by atoms with Crippen molar-refractivity contribution in [2.45, 2.75) is 52.9 Å². The highest BCUT2D eigenvalue weighted by Crippen LogP contribution is 2.31. The highest BCUT2D eigenvalue weighted by atomic mass is 35.5. The number of hydrogen-bond donors (Lipinski definition) is 0. The molecule has 0 saturated carbocycles. The van der Waals surface area contributed by atoms with E-state index in [0.717, 1.165) is 5.88 Å². The van der Waals surface area contributed by atoms with Crippen LogP contribution in [0, 0.1) is 5.41 Å². The zero-order chi connectivity index (χ0) is 8.74. The topological polar surface area (TPSA) is 0 Å². The average molecular weight is 177 g/mol. The predicted octanol–water partition coefficient (Wildman–Crippen LogP) is 4.22. The van der Waals surface area contributed by atoms with Gasteiger partial charge in [0.25, 0.3) is 0 Å². The smallest absolute Gasteiger partial charge is 0.0223 e. The maximum atomic E-state index is 5.62. The Hall–Kier alpha value is 0.290. The van der Waals surface area contributed by atoms with Gasteiger partial charge in [0.05, 0.1) is 0 Å². The van der Waals surface area contributed by atoms with Crippen molar-refractivity contribution in [2.75, 3.05) is 5.88 Å². The number of alkyl halides is 1. The van der Waals surface area contributed by atoms with Gasteiger partial charge in [-0.05, 0) is 18.3 Å². The van der Waals surface area contributed by atoms with Gasteiger partial charge in [-0.3, -0.25) is 0 Å². The molecule has 0 aromatic rings. The van der Waals surface area contributed by atoms with Gasteiger partial charge >= 0.3 is 0 Å². The lowest BCUT2D eigenvalue weighted by Crippen LogP contribution is -2.13. The highest BCUT2D eigenvalue weighted by Gasteiger charge is 2.17. The van der Waals surface area contributed by atoms with Gasteiger partial charge < -0.3 is 0 Å². The van der Waals surface area contributed by atoms with Crippen LogP contribution >= 0.6 is 11.6 Å². The molecule has 0 aromatic carbocycles. The van der Waals surface area contributed by atoms with Crippen molar-refractivity contribution in [1.82, 2.24) is 0 Å². The summed E-state index contributed by atoms with van der Waals surface area (Å²) in [5, 5.41) is 0. The molecule has 0 rings (SSSR count). The molecule has 0 aliphatic rings. The summed E-state index contributed by atoms with van der Waals surface area (Å²) < 4.78 is 0. The fourth-order valence-corrected chi connectivity index (χ4v) is 1.44. The minimum Gasteiger partial charge on any atom is -0.127 e. The minimum absolute atomic E-state index is 0.575. The van der Waals surface area contributed by atoms with E-state index >= 15 is 0 Å². The highest BCUT2D eigenvalue weighted by molar-refractivity contribution is 6.17. The third-order valence-electron chi connectivity index (χ3n) is 2.87. The lowest BCUT2D eigenvalue weighted by atomic mass is 9.80. The van der Waals surface area contributed by atoms with Crippen LogP contribution in [0.1, 0.15) is 52.9 Å². The summed E-state index contributed by atoms with van der Waals surface area (Å²) in [4.78, 5) is 0. The Morgan fingerprint density at radius 1 is 1.09 bits per heavy atom. The quantitative estimate of drug-likeness (QED) is 0.420. The van der Waals surface area contributed by atoms with Crippen molar-refractivity contribution in [1.29, 1.82) is 0 Å². The molecule has 1 heteroatoms. The lowest BCUT2D eigenvalue weighted by molar-refractivity contribution is 0.265. The van der Waals surface area contributed by atoms with Gasteiger partial charge in [0.1, 0.15) is 0 Å². The van der Waals surface area contributed by atoms with Crippen LogP contribution in [0.4, 0.5) is 0 Å². The van der Waals surface area contributed by atoms with E-state index in [1.807, 2.05) is 0 Å². The van der Waals surface area contributed by atoms with Crippen LogP contribution in [0.15, 0.2) is 0 Å². The Kier molecular flexibility index (Phi) is 6.03. The first kappa shape index (κ1) is 11.3. The van der Waals surface area contributed by atoms with Crippen molar-refractivity contribution in [2.24, 2.45) is 5.41 Å². The van der Waals surface area contributed by atoms with Crippen LogP contribution in [0.5, 0.6) is 0 Å². The lowest BCUT2D eigenvalue weighted by Gasteiger charge is -2.26. The Morgan fingerprint density at radius 2 is 1.64 bits per heavy atom. The molecule has 0 fully saturated rings. The molecular formula is C10H21Cl. The molecule has 0 N–H and O–H groups in total. The second-order valence-corrected chi connectivity index (χ2v) is 4.04. The molecule has 68 valence electrons. The second kappa shape index (κ2) is 5.88. The number of halogens is 1. The number of hydrogen-bond acceptors (Lipinski definition) is 0. The van der Waals surface area contributed by atoms with Crippen LogP contribution in [0.25, 0.3) is 0 Å². The summed E-state index contributed by atoms with van der Waals surface area (Å²) >= 11 is 5.62. The Labute approximate surface area is 76.3 Å². The summed E-state index contributed by atoms with van der Waals surface area (Å²) in [7, 11) is 0. The van der Waals surface area contributed by atoms with Crippen LogP contribution in [0.3, 0.4) is 0 Å². The summed E-state index contributed by atoms with van der Waals surface area (Å²) in [5.41, 5.74) is 0.575. The molecule has 0 aliphatic carbocycles. The van der Waals surface area contributed by atoms with Gasteiger partial charge in [-0.25, -0.2) is 0 Å². The standard InChI is InChI=1S/C10H21Cl/c1-4-10(3,5-2)8-6-7-9-11/h4-9H2,1-3H3. The largest absolute Gasteiger partial charge is 0.127 e. The normalized spacial score (nSPS) is 12.0. The summed E-state index contributed by atoms with van der Waals surface area (Å²) in [5.74, 6) is 0.823. The van der Waals surface area contributed by atoms with Crippen LogP contribution in [-0.4, -0.2) is 5.88 Å². The Morgan fingerprint density at radius 3 is 2.00 bits per heavy atom. The first-order valence-corrected chi connectivity index (χ1v) is 5.28. The molecule has 0 nitrogen and oxygen atoms in total. The predicted molar refractivity (Wildman–Crippen MR) is 53.3 cm³/mol. The van der Waals surface area contributed by atoms with E-state index < -0.39 is 0 Å². The van der Waals surface area contributed by atoms with Gasteiger partial charge in [0, 0.05) is 5.88 Å².